The third kappa shape index (κ3) is 3.97. The highest BCUT2D eigenvalue weighted by atomic mass is 35.5. The minimum absolute atomic E-state index is 0.0700. The smallest absolute Gasteiger partial charge is 0.363 e. The van der Waals surface area contributed by atoms with E-state index in [1.54, 1.807) is 18.2 Å². The largest absolute Gasteiger partial charge is 0.410 e. The number of alkyl halides is 3. The van der Waals surface area contributed by atoms with Gasteiger partial charge in [-0.05, 0) is 24.6 Å². The van der Waals surface area contributed by atoms with Gasteiger partial charge in [-0.3, -0.25) is 4.79 Å². The molecule has 0 aliphatic carbocycles. The summed E-state index contributed by atoms with van der Waals surface area (Å²) in [6.45, 7) is 1.91. The van der Waals surface area contributed by atoms with Crippen LogP contribution in [0.1, 0.15) is 40.1 Å². The molecule has 1 amide bonds. The Labute approximate surface area is 175 Å². The summed E-state index contributed by atoms with van der Waals surface area (Å²) in [5.74, 6) is -0.557. The van der Waals surface area contributed by atoms with Crippen LogP contribution in [0.3, 0.4) is 0 Å². The van der Waals surface area contributed by atoms with Gasteiger partial charge in [0.2, 0.25) is 0 Å². The second-order valence-electron chi connectivity index (χ2n) is 7.06. The molecule has 1 aliphatic heterocycles. The van der Waals surface area contributed by atoms with E-state index < -0.39 is 24.2 Å². The van der Waals surface area contributed by atoms with Gasteiger partial charge in [0.1, 0.15) is 5.82 Å². The van der Waals surface area contributed by atoms with Gasteiger partial charge in [-0.15, -0.1) is 0 Å². The summed E-state index contributed by atoms with van der Waals surface area (Å²) in [6, 6.07) is 9.28. The van der Waals surface area contributed by atoms with E-state index in [4.69, 9.17) is 11.6 Å². The molecule has 2 atom stereocenters. The summed E-state index contributed by atoms with van der Waals surface area (Å²) >= 11 is 5.93. The molecule has 2 aromatic heterocycles. The Morgan fingerprint density at radius 1 is 1.27 bits per heavy atom. The summed E-state index contributed by atoms with van der Waals surface area (Å²) in [7, 11) is 0. The van der Waals surface area contributed by atoms with E-state index in [1.807, 2.05) is 19.1 Å². The Hall–Kier alpha value is -3.07. The van der Waals surface area contributed by atoms with Crippen molar-refractivity contribution in [1.82, 2.24) is 14.8 Å². The van der Waals surface area contributed by atoms with Gasteiger partial charge < -0.3 is 10.6 Å². The first kappa shape index (κ1) is 20.2. The molecule has 0 unspecified atom stereocenters. The van der Waals surface area contributed by atoms with Crippen LogP contribution in [0.2, 0.25) is 5.15 Å². The summed E-state index contributed by atoms with van der Waals surface area (Å²) in [6.07, 6.45) is -3.31. The molecular weight excluding hydrogens is 419 g/mol. The fourth-order valence-electron chi connectivity index (χ4n) is 3.37. The van der Waals surface area contributed by atoms with E-state index in [2.05, 4.69) is 20.7 Å². The van der Waals surface area contributed by atoms with Crippen molar-refractivity contribution in [2.75, 3.05) is 10.6 Å². The van der Waals surface area contributed by atoms with Crippen molar-refractivity contribution in [3.8, 4) is 0 Å². The van der Waals surface area contributed by atoms with Gasteiger partial charge in [-0.25, -0.2) is 9.67 Å². The highest BCUT2D eigenvalue weighted by molar-refractivity contribution is 6.32. The number of fused-ring (bicyclic) bond motifs is 1. The molecule has 10 heteroatoms. The number of carbonyl (C=O) groups excluding carboxylic acids is 1. The molecule has 4 rings (SSSR count). The molecule has 0 saturated heterocycles. The Bertz CT molecular complexity index is 1080. The number of halogens is 4. The summed E-state index contributed by atoms with van der Waals surface area (Å²) < 4.78 is 42.1. The van der Waals surface area contributed by atoms with Gasteiger partial charge in [0.05, 0.1) is 11.7 Å². The van der Waals surface area contributed by atoms with Crippen LogP contribution < -0.4 is 10.6 Å². The second-order valence-corrected chi connectivity index (χ2v) is 7.41. The van der Waals surface area contributed by atoms with Crippen molar-refractivity contribution in [3.63, 3.8) is 0 Å². The van der Waals surface area contributed by atoms with Crippen LogP contribution in [-0.4, -0.2) is 26.8 Å². The quantitative estimate of drug-likeness (QED) is 0.558. The molecule has 156 valence electrons. The monoisotopic (exact) mass is 435 g/mol. The fourth-order valence-corrected chi connectivity index (χ4v) is 3.53. The van der Waals surface area contributed by atoms with E-state index in [9.17, 15) is 18.0 Å². The maximum atomic E-state index is 13.8. The minimum Gasteiger partial charge on any atom is -0.363 e. The van der Waals surface area contributed by atoms with E-state index in [-0.39, 0.29) is 28.8 Å². The maximum Gasteiger partial charge on any atom is 0.410 e. The van der Waals surface area contributed by atoms with E-state index in [0.717, 1.165) is 15.8 Å². The number of rotatable bonds is 3. The molecule has 0 radical (unpaired) electrons. The van der Waals surface area contributed by atoms with E-state index in [1.165, 1.54) is 18.3 Å². The molecule has 3 heterocycles. The predicted molar refractivity (Wildman–Crippen MR) is 107 cm³/mol. The van der Waals surface area contributed by atoms with Crippen LogP contribution in [0.4, 0.5) is 24.7 Å². The highest BCUT2D eigenvalue weighted by Gasteiger charge is 2.46. The lowest BCUT2D eigenvalue weighted by atomic mass is 9.96. The second kappa shape index (κ2) is 7.64. The molecular formula is C20H17ClF3N5O. The first-order valence-corrected chi connectivity index (χ1v) is 9.51. The van der Waals surface area contributed by atoms with Gasteiger partial charge in [0.25, 0.3) is 5.91 Å². The molecule has 2 N–H and O–H groups in total. The molecule has 6 nitrogen and oxygen atoms in total. The molecule has 0 spiro atoms. The number of nitrogens with one attached hydrogen (secondary N) is 2. The Kier molecular flexibility index (Phi) is 5.15. The summed E-state index contributed by atoms with van der Waals surface area (Å²) in [5.41, 5.74) is 1.83. The molecule has 30 heavy (non-hydrogen) atoms. The van der Waals surface area contributed by atoms with Crippen LogP contribution >= 0.6 is 11.6 Å². The number of aromatic nitrogens is 3. The number of nitrogens with zero attached hydrogens (tertiary/aromatic N) is 3. The van der Waals surface area contributed by atoms with Crippen LogP contribution in [0.5, 0.6) is 0 Å². The average molecular weight is 436 g/mol. The number of hydrogen-bond donors (Lipinski definition) is 2. The SMILES string of the molecule is Cc1ccc([C@@H]2C[C@H](C(F)(F)F)n3nc(C(=O)Nc4cccnc4Cl)cc3N2)cc1. The molecule has 0 bridgehead atoms. The van der Waals surface area contributed by atoms with Crippen molar-refractivity contribution in [2.45, 2.75) is 31.6 Å². The van der Waals surface area contributed by atoms with E-state index in [0.29, 0.717) is 0 Å². The van der Waals surface area contributed by atoms with Crippen molar-refractivity contribution in [2.24, 2.45) is 0 Å². The van der Waals surface area contributed by atoms with Gasteiger partial charge in [-0.1, -0.05) is 41.4 Å². The highest BCUT2D eigenvalue weighted by Crippen LogP contribution is 2.43. The van der Waals surface area contributed by atoms with Crippen molar-refractivity contribution >= 4 is 29.0 Å². The minimum atomic E-state index is -4.52. The lowest BCUT2D eigenvalue weighted by Crippen LogP contribution is -2.35. The van der Waals surface area contributed by atoms with Crippen molar-refractivity contribution in [3.05, 3.63) is 70.6 Å². The maximum absolute atomic E-state index is 13.8. The first-order valence-electron chi connectivity index (χ1n) is 9.13. The summed E-state index contributed by atoms with van der Waals surface area (Å²) in [5, 5.41) is 9.58. The van der Waals surface area contributed by atoms with Crippen molar-refractivity contribution < 1.29 is 18.0 Å². The Balaban J connectivity index is 1.65. The van der Waals surface area contributed by atoms with Crippen LogP contribution in [0.25, 0.3) is 0 Å². The van der Waals surface area contributed by atoms with E-state index >= 15 is 0 Å². The number of carbonyl (C=O) groups is 1. The Morgan fingerprint density at radius 2 is 2.00 bits per heavy atom. The van der Waals surface area contributed by atoms with Crippen LogP contribution in [-0.2, 0) is 0 Å². The average Bonchev–Trinajstić information content (AvgIpc) is 3.13. The zero-order chi connectivity index (χ0) is 21.5. The number of anilines is 2. The third-order valence-electron chi connectivity index (χ3n) is 4.91. The van der Waals surface area contributed by atoms with Crippen molar-refractivity contribution in [1.29, 1.82) is 0 Å². The summed E-state index contributed by atoms with van der Waals surface area (Å²) in [4.78, 5) is 16.4. The zero-order valence-electron chi connectivity index (χ0n) is 15.7. The standard InChI is InChI=1S/C20H17ClF3N5O/c1-11-4-6-12(7-5-11)14-9-16(20(22,23)24)29-17(26-14)10-15(28-29)19(30)27-13-3-2-8-25-18(13)21/h2-8,10,14,16,26H,9H2,1H3,(H,27,30)/t14-,16+/m0/s1. The van der Waals surface area contributed by atoms with Crippen LogP contribution in [0.15, 0.2) is 48.7 Å². The van der Waals surface area contributed by atoms with Gasteiger partial charge in [0, 0.05) is 18.7 Å². The number of pyridine rings is 1. The third-order valence-corrected chi connectivity index (χ3v) is 5.21. The molecule has 3 aromatic rings. The lowest BCUT2D eigenvalue weighted by molar-refractivity contribution is -0.173. The Morgan fingerprint density at radius 3 is 2.67 bits per heavy atom. The number of hydrogen-bond acceptors (Lipinski definition) is 4. The number of amides is 1. The van der Waals surface area contributed by atoms with Gasteiger partial charge in [-0.2, -0.15) is 18.3 Å². The zero-order valence-corrected chi connectivity index (χ0v) is 16.5. The van der Waals surface area contributed by atoms with Gasteiger partial charge >= 0.3 is 6.18 Å². The topological polar surface area (TPSA) is 71.8 Å². The normalized spacial score (nSPS) is 18.4. The number of benzene rings is 1. The van der Waals surface area contributed by atoms with Gasteiger partial charge in [0.15, 0.2) is 16.9 Å². The van der Waals surface area contributed by atoms with Crippen LogP contribution in [0, 0.1) is 6.92 Å². The number of aryl methyl sites for hydroxylation is 1. The molecule has 0 fully saturated rings. The predicted octanol–water partition coefficient (Wildman–Crippen LogP) is 5.15. The molecule has 1 aromatic carbocycles. The fraction of sp³-hybridized carbons (Fsp3) is 0.250. The molecule has 1 aliphatic rings. The lowest BCUT2D eigenvalue weighted by Gasteiger charge is -2.33. The first-order chi connectivity index (χ1) is 14.2. The molecule has 0 saturated carbocycles.